The topological polar surface area (TPSA) is 67.6 Å². The van der Waals surface area contributed by atoms with Crippen LogP contribution in [0.3, 0.4) is 0 Å². The Morgan fingerprint density at radius 3 is 3.08 bits per heavy atom. The van der Waals surface area contributed by atoms with E-state index in [-0.39, 0.29) is 24.9 Å². The summed E-state index contributed by atoms with van der Waals surface area (Å²) in [4.78, 5) is 17.9. The van der Waals surface area contributed by atoms with Crippen molar-refractivity contribution in [3.05, 3.63) is 48.8 Å². The van der Waals surface area contributed by atoms with Crippen molar-refractivity contribution in [3.8, 4) is 5.75 Å². The molecule has 1 aromatic heterocycles. The molecule has 1 fully saturated rings. The Bertz CT molecular complexity index is 707. The van der Waals surface area contributed by atoms with E-state index in [4.69, 9.17) is 4.74 Å². The number of hydrogen-bond donors (Lipinski definition) is 1. The van der Waals surface area contributed by atoms with Crippen molar-refractivity contribution in [3.63, 3.8) is 0 Å². The molecule has 6 nitrogen and oxygen atoms in total. The molecule has 0 radical (unpaired) electrons. The lowest BCUT2D eigenvalue weighted by Gasteiger charge is -2.23. The molecule has 1 aliphatic heterocycles. The first kappa shape index (κ1) is 17.4. The van der Waals surface area contributed by atoms with Gasteiger partial charge in [-0.2, -0.15) is 0 Å². The molecule has 2 heterocycles. The molecular formula is C18H22FN3O3. The van der Waals surface area contributed by atoms with E-state index in [2.05, 4.69) is 4.98 Å². The Morgan fingerprint density at radius 2 is 2.32 bits per heavy atom. The maximum absolute atomic E-state index is 13.2. The highest BCUT2D eigenvalue weighted by molar-refractivity contribution is 5.76. The first-order valence-electron chi connectivity index (χ1n) is 8.38. The average molecular weight is 347 g/mol. The number of rotatable bonds is 7. The van der Waals surface area contributed by atoms with Crippen molar-refractivity contribution in [2.24, 2.45) is 0 Å². The first-order valence-corrected chi connectivity index (χ1v) is 8.38. The number of benzene rings is 1. The van der Waals surface area contributed by atoms with Crippen LogP contribution in [0.15, 0.2) is 43.0 Å². The second kappa shape index (κ2) is 7.65. The molecule has 0 saturated carbocycles. The maximum Gasteiger partial charge on any atom is 0.222 e. The van der Waals surface area contributed by atoms with Crippen molar-refractivity contribution in [2.45, 2.75) is 31.4 Å². The van der Waals surface area contributed by atoms with Gasteiger partial charge >= 0.3 is 0 Å². The molecule has 1 N–H and O–H groups in total. The normalized spacial score (nSPS) is 20.0. The molecule has 7 heteroatoms. The van der Waals surface area contributed by atoms with Crippen LogP contribution >= 0.6 is 0 Å². The van der Waals surface area contributed by atoms with E-state index in [0.29, 0.717) is 25.1 Å². The number of aliphatic hydroxyl groups is 1. The first-order chi connectivity index (χ1) is 12.0. The van der Waals surface area contributed by atoms with Gasteiger partial charge in [-0.15, -0.1) is 0 Å². The van der Waals surface area contributed by atoms with Crippen LogP contribution in [0.1, 0.15) is 19.3 Å². The van der Waals surface area contributed by atoms with Gasteiger partial charge < -0.3 is 19.3 Å². The Morgan fingerprint density at radius 1 is 1.44 bits per heavy atom. The van der Waals surface area contributed by atoms with Crippen LogP contribution in [-0.2, 0) is 11.3 Å². The number of aryl methyl sites for hydroxylation is 1. The largest absolute Gasteiger partial charge is 0.490 e. The number of β-amino-alcohol motifs (C(OH)–C–C–N with tert-alkyl or cyclic N) is 1. The van der Waals surface area contributed by atoms with Crippen LogP contribution in [0, 0.1) is 5.82 Å². The van der Waals surface area contributed by atoms with E-state index in [1.54, 1.807) is 29.6 Å². The van der Waals surface area contributed by atoms with Crippen LogP contribution in [0.2, 0.25) is 0 Å². The number of nitrogens with zero attached hydrogens (tertiary/aromatic N) is 3. The predicted molar refractivity (Wildman–Crippen MR) is 89.5 cm³/mol. The number of ether oxygens (including phenoxy) is 1. The van der Waals surface area contributed by atoms with E-state index in [0.717, 1.165) is 13.0 Å². The molecule has 1 saturated heterocycles. The minimum Gasteiger partial charge on any atom is -0.490 e. The summed E-state index contributed by atoms with van der Waals surface area (Å²) in [7, 11) is 0. The number of carbonyl (C=O) groups is 1. The van der Waals surface area contributed by atoms with Gasteiger partial charge in [0.15, 0.2) is 0 Å². The minimum atomic E-state index is -1.09. The van der Waals surface area contributed by atoms with Crippen LogP contribution in [0.4, 0.5) is 4.39 Å². The summed E-state index contributed by atoms with van der Waals surface area (Å²) >= 11 is 0. The summed E-state index contributed by atoms with van der Waals surface area (Å²) in [6.45, 7) is 1.53. The Labute approximate surface area is 145 Å². The fraction of sp³-hybridized carbons (Fsp3) is 0.444. The van der Waals surface area contributed by atoms with Gasteiger partial charge in [-0.05, 0) is 25.0 Å². The number of likely N-dealkylation sites (tertiary alicyclic amines) is 1. The van der Waals surface area contributed by atoms with Crippen LogP contribution in [0.5, 0.6) is 5.75 Å². The van der Waals surface area contributed by atoms with Gasteiger partial charge in [-0.3, -0.25) is 4.79 Å². The van der Waals surface area contributed by atoms with Gasteiger partial charge in [0, 0.05) is 38.0 Å². The second-order valence-electron chi connectivity index (χ2n) is 6.44. The lowest BCUT2D eigenvalue weighted by atomic mass is 10.1. The molecule has 0 aliphatic carbocycles. The third kappa shape index (κ3) is 4.79. The number of amides is 1. The van der Waals surface area contributed by atoms with Gasteiger partial charge in [-0.1, -0.05) is 6.07 Å². The van der Waals surface area contributed by atoms with Crippen molar-refractivity contribution < 1.29 is 19.0 Å². The highest BCUT2D eigenvalue weighted by Gasteiger charge is 2.38. The summed E-state index contributed by atoms with van der Waals surface area (Å²) in [6, 6.07) is 5.80. The molecule has 1 aliphatic rings. The monoisotopic (exact) mass is 347 g/mol. The maximum atomic E-state index is 13.2. The number of carbonyl (C=O) groups excluding carboxylic acids is 1. The highest BCUT2D eigenvalue weighted by atomic mass is 19.1. The van der Waals surface area contributed by atoms with Gasteiger partial charge in [0.1, 0.15) is 23.8 Å². The number of halogens is 1. The Kier molecular flexibility index (Phi) is 5.33. The molecule has 25 heavy (non-hydrogen) atoms. The minimum absolute atomic E-state index is 0.0294. The van der Waals surface area contributed by atoms with E-state index < -0.39 is 5.60 Å². The quantitative estimate of drug-likeness (QED) is 0.830. The van der Waals surface area contributed by atoms with E-state index in [1.165, 1.54) is 12.1 Å². The fourth-order valence-electron chi connectivity index (χ4n) is 2.95. The fourth-order valence-corrected chi connectivity index (χ4v) is 2.95. The number of hydrogen-bond acceptors (Lipinski definition) is 4. The number of imidazole rings is 1. The smallest absolute Gasteiger partial charge is 0.222 e. The summed E-state index contributed by atoms with van der Waals surface area (Å²) in [5.74, 6) is 0.0194. The zero-order valence-corrected chi connectivity index (χ0v) is 14.0. The van der Waals surface area contributed by atoms with Crippen LogP contribution in [0.25, 0.3) is 0 Å². The van der Waals surface area contributed by atoms with E-state index in [1.807, 2.05) is 10.8 Å². The number of aromatic nitrogens is 2. The van der Waals surface area contributed by atoms with Crippen molar-refractivity contribution in [1.29, 1.82) is 0 Å². The summed E-state index contributed by atoms with van der Waals surface area (Å²) in [6.07, 6.45) is 6.91. The van der Waals surface area contributed by atoms with Crippen LogP contribution in [-0.4, -0.2) is 50.8 Å². The van der Waals surface area contributed by atoms with Gasteiger partial charge in [0.05, 0.1) is 12.9 Å². The molecule has 2 aromatic rings. The zero-order valence-electron chi connectivity index (χ0n) is 14.0. The second-order valence-corrected chi connectivity index (χ2v) is 6.44. The molecule has 1 atom stereocenters. The molecule has 1 aromatic carbocycles. The lowest BCUT2D eigenvalue weighted by Crippen LogP contribution is -2.40. The van der Waals surface area contributed by atoms with E-state index in [9.17, 15) is 14.3 Å². The van der Waals surface area contributed by atoms with Crippen molar-refractivity contribution >= 4 is 5.91 Å². The molecule has 0 spiro atoms. The summed E-state index contributed by atoms with van der Waals surface area (Å²) < 4.78 is 20.6. The molecule has 1 amide bonds. The summed E-state index contributed by atoms with van der Waals surface area (Å²) in [5, 5.41) is 10.6. The van der Waals surface area contributed by atoms with Gasteiger partial charge in [-0.25, -0.2) is 9.37 Å². The SMILES string of the molecule is O=C(CCCn1ccnc1)N1CC[C@](O)(COc2cccc(F)c2)C1. The third-order valence-electron chi connectivity index (χ3n) is 4.35. The standard InChI is InChI=1S/C18H22FN3O3/c19-15-3-1-4-16(11-15)25-13-18(24)6-9-22(12-18)17(23)5-2-8-21-10-7-20-14-21/h1,3-4,7,10-11,14,24H,2,5-6,8-9,12-13H2/t18-/m1/s1. The summed E-state index contributed by atoms with van der Waals surface area (Å²) in [5.41, 5.74) is -1.09. The Hall–Kier alpha value is -2.41. The third-order valence-corrected chi connectivity index (χ3v) is 4.35. The zero-order chi connectivity index (χ0) is 17.7. The van der Waals surface area contributed by atoms with Crippen LogP contribution < -0.4 is 4.74 Å². The lowest BCUT2D eigenvalue weighted by molar-refractivity contribution is -0.131. The van der Waals surface area contributed by atoms with Crippen molar-refractivity contribution in [1.82, 2.24) is 14.5 Å². The Balaban J connectivity index is 1.44. The van der Waals surface area contributed by atoms with Gasteiger partial charge in [0.25, 0.3) is 0 Å². The molecule has 0 unspecified atom stereocenters. The molecule has 0 bridgehead atoms. The van der Waals surface area contributed by atoms with E-state index >= 15 is 0 Å². The van der Waals surface area contributed by atoms with Crippen molar-refractivity contribution in [2.75, 3.05) is 19.7 Å². The van der Waals surface area contributed by atoms with Gasteiger partial charge in [0.2, 0.25) is 5.91 Å². The molecule has 3 rings (SSSR count). The predicted octanol–water partition coefficient (Wildman–Crippen LogP) is 1.84. The highest BCUT2D eigenvalue weighted by Crippen LogP contribution is 2.24. The molecule has 134 valence electrons. The average Bonchev–Trinajstić information content (AvgIpc) is 3.23. The molecular weight excluding hydrogens is 325 g/mol.